The lowest BCUT2D eigenvalue weighted by Gasteiger charge is -2.19. The van der Waals surface area contributed by atoms with Gasteiger partial charge in [-0.1, -0.05) is 13.8 Å². The Kier molecular flexibility index (Phi) is 7.39. The van der Waals surface area contributed by atoms with Crippen LogP contribution in [0.4, 0.5) is 5.69 Å². The summed E-state index contributed by atoms with van der Waals surface area (Å²) in [4.78, 5) is 0. The third kappa shape index (κ3) is 5.79. The maximum atomic E-state index is 9.88. The summed E-state index contributed by atoms with van der Waals surface area (Å²) in [5.74, 6) is 1.38. The molecule has 0 radical (unpaired) electrons. The predicted molar refractivity (Wildman–Crippen MR) is 98.5 cm³/mol. The van der Waals surface area contributed by atoms with Crippen LogP contribution in [0.5, 0.6) is 5.75 Å². The molecule has 0 spiro atoms. The number of hydrogen-bond acceptors (Lipinski definition) is 6. The quantitative estimate of drug-likeness (QED) is 0.450. The number of aliphatic hydroxyl groups is 3. The zero-order valence-corrected chi connectivity index (χ0v) is 15.2. The van der Waals surface area contributed by atoms with Gasteiger partial charge in [0.2, 0.25) is 0 Å². The van der Waals surface area contributed by atoms with E-state index in [0.29, 0.717) is 12.5 Å². The van der Waals surface area contributed by atoms with Gasteiger partial charge < -0.3 is 35.4 Å². The van der Waals surface area contributed by atoms with E-state index in [-0.39, 0.29) is 11.7 Å². The highest BCUT2D eigenvalue weighted by Gasteiger charge is 2.42. The van der Waals surface area contributed by atoms with Gasteiger partial charge in [-0.3, -0.25) is 0 Å². The SMILES string of the molecule is CC(C)CCOc1ccc(NC(=S)N[C@@H]2O[C@H](CO)[C@H](O)[C@@H]2O)cc1. The van der Waals surface area contributed by atoms with Gasteiger partial charge in [0.15, 0.2) is 11.3 Å². The summed E-state index contributed by atoms with van der Waals surface area (Å²) in [6.07, 6.45) is -3.05. The molecule has 140 valence electrons. The first-order valence-electron chi connectivity index (χ1n) is 8.33. The van der Waals surface area contributed by atoms with Crippen LogP contribution in [0.3, 0.4) is 0 Å². The van der Waals surface area contributed by atoms with Crippen molar-refractivity contribution in [1.82, 2.24) is 5.32 Å². The van der Waals surface area contributed by atoms with Gasteiger partial charge in [0.1, 0.15) is 24.1 Å². The van der Waals surface area contributed by atoms with Crippen molar-refractivity contribution in [1.29, 1.82) is 0 Å². The van der Waals surface area contributed by atoms with E-state index in [1.807, 2.05) is 24.3 Å². The van der Waals surface area contributed by atoms with E-state index in [1.54, 1.807) is 0 Å². The van der Waals surface area contributed by atoms with Crippen LogP contribution in [0.25, 0.3) is 0 Å². The second-order valence-corrected chi connectivity index (χ2v) is 6.82. The summed E-state index contributed by atoms with van der Waals surface area (Å²) < 4.78 is 11.0. The summed E-state index contributed by atoms with van der Waals surface area (Å²) in [6, 6.07) is 7.35. The molecule has 1 aromatic carbocycles. The second-order valence-electron chi connectivity index (χ2n) is 6.41. The summed E-state index contributed by atoms with van der Waals surface area (Å²) in [5, 5.41) is 34.7. The fourth-order valence-electron chi connectivity index (χ4n) is 2.36. The van der Waals surface area contributed by atoms with Gasteiger partial charge in [0.05, 0.1) is 13.2 Å². The molecule has 25 heavy (non-hydrogen) atoms. The molecule has 7 nitrogen and oxygen atoms in total. The zero-order chi connectivity index (χ0) is 18.4. The monoisotopic (exact) mass is 370 g/mol. The smallest absolute Gasteiger partial charge is 0.172 e. The van der Waals surface area contributed by atoms with E-state index in [1.165, 1.54) is 0 Å². The van der Waals surface area contributed by atoms with Gasteiger partial charge >= 0.3 is 0 Å². The minimum atomic E-state index is -1.17. The number of hydrogen-bond donors (Lipinski definition) is 5. The standard InChI is InChI=1S/C17H26N2O5S/c1-10(2)7-8-23-12-5-3-11(4-6-12)18-17(25)19-16-15(22)14(21)13(9-20)24-16/h3-6,10,13-16,20-22H,7-9H2,1-2H3,(H2,18,19,25)/t13-,14+,15+,16-/m1/s1. The first-order chi connectivity index (χ1) is 11.9. The average Bonchev–Trinajstić information content (AvgIpc) is 2.84. The summed E-state index contributed by atoms with van der Waals surface area (Å²) in [5.41, 5.74) is 0.750. The van der Waals surface area contributed by atoms with Gasteiger partial charge in [0.25, 0.3) is 0 Å². The Hall–Kier alpha value is -1.45. The second kappa shape index (κ2) is 9.30. The van der Waals surface area contributed by atoms with Gasteiger partial charge in [0, 0.05) is 5.69 Å². The van der Waals surface area contributed by atoms with Gasteiger partial charge in [-0.25, -0.2) is 0 Å². The molecule has 0 amide bonds. The predicted octanol–water partition coefficient (Wildman–Crippen LogP) is 0.837. The number of thiocarbonyl (C=S) groups is 1. The lowest BCUT2D eigenvalue weighted by Crippen LogP contribution is -2.45. The highest BCUT2D eigenvalue weighted by molar-refractivity contribution is 7.80. The molecule has 1 aliphatic rings. The minimum absolute atomic E-state index is 0.239. The molecule has 0 bridgehead atoms. The molecule has 0 unspecified atom stereocenters. The number of nitrogens with one attached hydrogen (secondary N) is 2. The lowest BCUT2D eigenvalue weighted by atomic mass is 10.1. The molecule has 1 heterocycles. The number of benzene rings is 1. The van der Waals surface area contributed by atoms with Crippen LogP contribution in [0, 0.1) is 5.92 Å². The van der Waals surface area contributed by atoms with Crippen molar-refractivity contribution in [2.45, 2.75) is 44.8 Å². The van der Waals surface area contributed by atoms with Crippen LogP contribution >= 0.6 is 12.2 Å². The molecule has 1 aromatic rings. The van der Waals surface area contributed by atoms with Crippen LogP contribution in [0.1, 0.15) is 20.3 Å². The van der Waals surface area contributed by atoms with Crippen molar-refractivity contribution in [2.75, 3.05) is 18.5 Å². The Morgan fingerprint density at radius 3 is 2.48 bits per heavy atom. The van der Waals surface area contributed by atoms with Crippen molar-refractivity contribution in [3.8, 4) is 5.75 Å². The third-order valence-corrected chi connectivity index (χ3v) is 4.11. The minimum Gasteiger partial charge on any atom is -0.494 e. The maximum absolute atomic E-state index is 9.88. The normalized spacial score (nSPS) is 25.8. The molecule has 0 aliphatic carbocycles. The number of ether oxygens (including phenoxy) is 2. The Balaban J connectivity index is 1.80. The van der Waals surface area contributed by atoms with Gasteiger partial charge in [-0.05, 0) is 48.8 Å². The van der Waals surface area contributed by atoms with E-state index >= 15 is 0 Å². The molecule has 1 aliphatic heterocycles. The van der Waals surface area contributed by atoms with E-state index in [9.17, 15) is 10.2 Å². The van der Waals surface area contributed by atoms with Crippen LogP contribution in [-0.2, 0) is 4.74 Å². The van der Waals surface area contributed by atoms with Crippen LogP contribution < -0.4 is 15.4 Å². The van der Waals surface area contributed by atoms with Crippen LogP contribution in [0.2, 0.25) is 0 Å². The molecule has 0 aromatic heterocycles. The molecule has 4 atom stereocenters. The van der Waals surface area contributed by atoms with E-state index < -0.39 is 24.5 Å². The molecule has 1 fully saturated rings. The van der Waals surface area contributed by atoms with Crippen molar-refractivity contribution in [2.24, 2.45) is 5.92 Å². The molecular formula is C17H26N2O5S. The third-order valence-electron chi connectivity index (χ3n) is 3.89. The first kappa shape index (κ1) is 19.9. The fourth-order valence-corrected chi connectivity index (χ4v) is 2.60. The van der Waals surface area contributed by atoms with E-state index in [4.69, 9.17) is 26.8 Å². The summed E-state index contributed by atoms with van der Waals surface area (Å²) in [7, 11) is 0. The fraction of sp³-hybridized carbons (Fsp3) is 0.588. The Labute approximate surface area is 153 Å². The van der Waals surface area contributed by atoms with Crippen molar-refractivity contribution < 1.29 is 24.8 Å². The highest BCUT2D eigenvalue weighted by atomic mass is 32.1. The maximum Gasteiger partial charge on any atom is 0.172 e. The average molecular weight is 370 g/mol. The van der Waals surface area contributed by atoms with Crippen LogP contribution in [-0.4, -0.2) is 58.2 Å². The van der Waals surface area contributed by atoms with E-state index in [0.717, 1.165) is 17.9 Å². The lowest BCUT2D eigenvalue weighted by molar-refractivity contribution is -0.0260. The Morgan fingerprint density at radius 1 is 1.24 bits per heavy atom. The largest absolute Gasteiger partial charge is 0.494 e. The molecule has 1 saturated heterocycles. The van der Waals surface area contributed by atoms with Gasteiger partial charge in [-0.15, -0.1) is 0 Å². The number of aliphatic hydroxyl groups excluding tert-OH is 3. The van der Waals surface area contributed by atoms with Crippen molar-refractivity contribution in [3.05, 3.63) is 24.3 Å². The first-order valence-corrected chi connectivity index (χ1v) is 8.74. The van der Waals surface area contributed by atoms with Crippen molar-refractivity contribution >= 4 is 23.0 Å². The van der Waals surface area contributed by atoms with E-state index in [2.05, 4.69) is 24.5 Å². The highest BCUT2D eigenvalue weighted by Crippen LogP contribution is 2.20. The molecular weight excluding hydrogens is 344 g/mol. The number of rotatable bonds is 7. The molecule has 5 N–H and O–H groups in total. The molecule has 0 saturated carbocycles. The van der Waals surface area contributed by atoms with Gasteiger partial charge in [-0.2, -0.15) is 0 Å². The Morgan fingerprint density at radius 2 is 1.92 bits per heavy atom. The Bertz CT molecular complexity index is 554. The molecule has 8 heteroatoms. The summed E-state index contributed by atoms with van der Waals surface area (Å²) in [6.45, 7) is 4.60. The number of anilines is 1. The zero-order valence-electron chi connectivity index (χ0n) is 14.4. The van der Waals surface area contributed by atoms with Crippen LogP contribution in [0.15, 0.2) is 24.3 Å². The molecule has 2 rings (SSSR count). The topological polar surface area (TPSA) is 103 Å². The van der Waals surface area contributed by atoms with Crippen molar-refractivity contribution in [3.63, 3.8) is 0 Å². The summed E-state index contributed by atoms with van der Waals surface area (Å²) >= 11 is 5.18.